The Morgan fingerprint density at radius 3 is 2.95 bits per heavy atom. The minimum Gasteiger partial charge on any atom is -0.337 e. The SMILES string of the molecule is Cn1ccnc1CN1CC[C@]2(CCN(c3ccsc3)C2=O)C1. The van der Waals surface area contributed by atoms with E-state index in [9.17, 15) is 4.79 Å². The number of aryl methyl sites for hydroxylation is 1. The number of carbonyl (C=O) groups is 1. The summed E-state index contributed by atoms with van der Waals surface area (Å²) in [6, 6.07) is 2.04. The van der Waals surface area contributed by atoms with Gasteiger partial charge in [0.15, 0.2) is 0 Å². The first kappa shape index (κ1) is 14.0. The lowest BCUT2D eigenvalue weighted by atomic mass is 9.85. The van der Waals surface area contributed by atoms with Gasteiger partial charge < -0.3 is 9.47 Å². The molecule has 0 aromatic carbocycles. The molecule has 0 unspecified atom stereocenters. The Hall–Kier alpha value is -1.66. The predicted molar refractivity (Wildman–Crippen MR) is 86.8 cm³/mol. The van der Waals surface area contributed by atoms with E-state index in [1.54, 1.807) is 11.3 Å². The summed E-state index contributed by atoms with van der Waals surface area (Å²) in [5, 5.41) is 4.10. The summed E-state index contributed by atoms with van der Waals surface area (Å²) in [4.78, 5) is 21.7. The molecule has 2 aliphatic heterocycles. The van der Waals surface area contributed by atoms with Gasteiger partial charge in [0, 0.05) is 37.9 Å². The molecule has 22 heavy (non-hydrogen) atoms. The molecule has 1 atom stereocenters. The van der Waals surface area contributed by atoms with Crippen LogP contribution in [0.2, 0.25) is 0 Å². The Morgan fingerprint density at radius 1 is 1.36 bits per heavy atom. The second-order valence-electron chi connectivity index (χ2n) is 6.38. The lowest BCUT2D eigenvalue weighted by Crippen LogP contribution is -2.36. The van der Waals surface area contributed by atoms with Crippen LogP contribution in [0.1, 0.15) is 18.7 Å². The van der Waals surface area contributed by atoms with Crippen molar-refractivity contribution >= 4 is 22.9 Å². The van der Waals surface area contributed by atoms with Crippen LogP contribution in [-0.2, 0) is 18.4 Å². The Balaban J connectivity index is 1.48. The third kappa shape index (κ3) is 2.18. The van der Waals surface area contributed by atoms with E-state index in [1.165, 1.54) is 0 Å². The van der Waals surface area contributed by atoms with Gasteiger partial charge in [0.2, 0.25) is 5.91 Å². The number of hydrogen-bond acceptors (Lipinski definition) is 4. The second-order valence-corrected chi connectivity index (χ2v) is 7.16. The predicted octanol–water partition coefficient (Wildman–Crippen LogP) is 2.11. The van der Waals surface area contributed by atoms with Crippen molar-refractivity contribution < 1.29 is 4.79 Å². The molecule has 2 saturated heterocycles. The molecule has 6 heteroatoms. The van der Waals surface area contributed by atoms with Crippen LogP contribution in [-0.4, -0.2) is 40.0 Å². The Bertz CT molecular complexity index is 680. The van der Waals surface area contributed by atoms with Gasteiger partial charge in [0.05, 0.1) is 17.6 Å². The van der Waals surface area contributed by atoms with Crippen LogP contribution in [0.3, 0.4) is 0 Å². The van der Waals surface area contributed by atoms with Crippen LogP contribution in [0.25, 0.3) is 0 Å². The van der Waals surface area contributed by atoms with E-state index >= 15 is 0 Å². The Labute approximate surface area is 134 Å². The molecule has 0 radical (unpaired) electrons. The van der Waals surface area contributed by atoms with Gasteiger partial charge in [0.1, 0.15) is 5.82 Å². The van der Waals surface area contributed by atoms with E-state index in [1.807, 2.05) is 35.8 Å². The third-order valence-electron chi connectivity index (χ3n) is 5.05. The molecule has 2 fully saturated rings. The highest BCUT2D eigenvalue weighted by molar-refractivity contribution is 7.08. The van der Waals surface area contributed by atoms with Crippen LogP contribution in [0.4, 0.5) is 5.69 Å². The highest BCUT2D eigenvalue weighted by atomic mass is 32.1. The van der Waals surface area contributed by atoms with Crippen molar-refractivity contribution in [2.75, 3.05) is 24.5 Å². The summed E-state index contributed by atoms with van der Waals surface area (Å²) < 4.78 is 2.05. The maximum Gasteiger partial charge on any atom is 0.234 e. The number of rotatable bonds is 3. The molecule has 0 aliphatic carbocycles. The largest absolute Gasteiger partial charge is 0.337 e. The zero-order chi connectivity index (χ0) is 15.2. The molecule has 5 nitrogen and oxygen atoms in total. The number of amides is 1. The molecular weight excluding hydrogens is 296 g/mol. The number of likely N-dealkylation sites (tertiary alicyclic amines) is 1. The molecule has 2 aromatic heterocycles. The van der Waals surface area contributed by atoms with E-state index in [2.05, 4.69) is 19.8 Å². The highest BCUT2D eigenvalue weighted by Crippen LogP contribution is 2.42. The normalized spacial score (nSPS) is 25.7. The van der Waals surface area contributed by atoms with Crippen LogP contribution in [0.5, 0.6) is 0 Å². The maximum atomic E-state index is 12.9. The smallest absolute Gasteiger partial charge is 0.234 e. The molecule has 2 aromatic rings. The standard InChI is InChI=1S/C16H20N4OS/c1-18-8-5-17-14(18)10-19-6-3-16(12-19)4-7-20(15(16)21)13-2-9-22-11-13/h2,5,8-9,11H,3-4,6-7,10,12H2,1H3/t16-/m0/s1. The van der Waals surface area contributed by atoms with Gasteiger partial charge in [-0.05, 0) is 30.8 Å². The highest BCUT2D eigenvalue weighted by Gasteiger charge is 2.51. The molecule has 4 rings (SSSR count). The first-order valence-electron chi connectivity index (χ1n) is 7.71. The summed E-state index contributed by atoms with van der Waals surface area (Å²) in [6.45, 7) is 3.53. The fourth-order valence-electron chi connectivity index (χ4n) is 3.70. The van der Waals surface area contributed by atoms with Crippen molar-refractivity contribution in [1.82, 2.24) is 14.5 Å². The van der Waals surface area contributed by atoms with Gasteiger partial charge in [-0.15, -0.1) is 0 Å². The van der Waals surface area contributed by atoms with E-state index in [0.717, 1.165) is 50.5 Å². The number of anilines is 1. The van der Waals surface area contributed by atoms with Crippen molar-refractivity contribution in [1.29, 1.82) is 0 Å². The monoisotopic (exact) mass is 316 g/mol. The molecule has 1 spiro atoms. The quantitative estimate of drug-likeness (QED) is 0.871. The van der Waals surface area contributed by atoms with E-state index in [4.69, 9.17) is 0 Å². The molecule has 0 saturated carbocycles. The molecule has 116 valence electrons. The van der Waals surface area contributed by atoms with E-state index in [0.29, 0.717) is 5.91 Å². The fourth-order valence-corrected chi connectivity index (χ4v) is 4.34. The van der Waals surface area contributed by atoms with Crippen molar-refractivity contribution in [3.05, 3.63) is 35.0 Å². The summed E-state index contributed by atoms with van der Waals surface area (Å²) >= 11 is 1.65. The van der Waals surface area contributed by atoms with Crippen LogP contribution in [0.15, 0.2) is 29.2 Å². The zero-order valence-corrected chi connectivity index (χ0v) is 13.6. The minimum absolute atomic E-state index is 0.174. The number of imidazole rings is 1. The van der Waals surface area contributed by atoms with Gasteiger partial charge in [0.25, 0.3) is 0 Å². The van der Waals surface area contributed by atoms with Crippen molar-refractivity contribution in [2.24, 2.45) is 12.5 Å². The Kier molecular flexibility index (Phi) is 3.31. The molecule has 0 N–H and O–H groups in total. The topological polar surface area (TPSA) is 41.4 Å². The summed E-state index contributed by atoms with van der Waals surface area (Å²) in [5.41, 5.74) is 0.891. The first-order chi connectivity index (χ1) is 10.7. The average Bonchev–Trinajstić information content (AvgIpc) is 3.25. The summed E-state index contributed by atoms with van der Waals surface area (Å²) in [6.07, 6.45) is 5.75. The van der Waals surface area contributed by atoms with Gasteiger partial charge in [-0.2, -0.15) is 11.3 Å². The molecular formula is C16H20N4OS. The number of thiophene rings is 1. The lowest BCUT2D eigenvalue weighted by molar-refractivity contribution is -0.125. The van der Waals surface area contributed by atoms with Crippen molar-refractivity contribution in [3.63, 3.8) is 0 Å². The van der Waals surface area contributed by atoms with Crippen LogP contribution >= 0.6 is 11.3 Å². The molecule has 2 aliphatic rings. The third-order valence-corrected chi connectivity index (χ3v) is 5.72. The molecule has 1 amide bonds. The minimum atomic E-state index is -0.174. The van der Waals surface area contributed by atoms with Gasteiger partial charge in [-0.25, -0.2) is 4.98 Å². The maximum absolute atomic E-state index is 12.9. The van der Waals surface area contributed by atoms with Gasteiger partial charge in [-0.3, -0.25) is 9.69 Å². The summed E-state index contributed by atoms with van der Waals surface area (Å²) in [5.74, 6) is 1.38. The number of hydrogen-bond donors (Lipinski definition) is 0. The van der Waals surface area contributed by atoms with Gasteiger partial charge in [-0.1, -0.05) is 0 Å². The average molecular weight is 316 g/mol. The van der Waals surface area contributed by atoms with Crippen molar-refractivity contribution in [2.45, 2.75) is 19.4 Å². The van der Waals surface area contributed by atoms with Crippen LogP contribution in [0, 0.1) is 5.41 Å². The second kappa shape index (κ2) is 5.21. The zero-order valence-electron chi connectivity index (χ0n) is 12.7. The number of aromatic nitrogens is 2. The Morgan fingerprint density at radius 2 is 2.23 bits per heavy atom. The summed E-state index contributed by atoms with van der Waals surface area (Å²) in [7, 11) is 2.02. The van der Waals surface area contributed by atoms with E-state index in [-0.39, 0.29) is 5.41 Å². The van der Waals surface area contributed by atoms with Gasteiger partial charge >= 0.3 is 0 Å². The van der Waals surface area contributed by atoms with Crippen molar-refractivity contribution in [3.8, 4) is 0 Å². The first-order valence-corrected chi connectivity index (χ1v) is 8.65. The number of nitrogens with zero attached hydrogens (tertiary/aromatic N) is 4. The van der Waals surface area contributed by atoms with E-state index < -0.39 is 0 Å². The number of carbonyl (C=O) groups excluding carboxylic acids is 1. The fraction of sp³-hybridized carbons (Fsp3) is 0.500. The van der Waals surface area contributed by atoms with Crippen LogP contribution < -0.4 is 4.90 Å². The lowest BCUT2D eigenvalue weighted by Gasteiger charge is -2.23. The molecule has 0 bridgehead atoms. The molecule has 4 heterocycles.